The standard InChI is InChI=1S/C9H21NO4Si/c1-5-12-9(11)10-8-15(4,13-6-2)14-7-3/h5-8H2,1-4H3,(H,10,11). The highest BCUT2D eigenvalue weighted by Crippen LogP contribution is 2.05. The minimum Gasteiger partial charge on any atom is -0.450 e. The summed E-state index contributed by atoms with van der Waals surface area (Å²) in [5.41, 5.74) is 0. The molecule has 0 atom stereocenters. The molecule has 0 aliphatic carbocycles. The zero-order valence-electron chi connectivity index (χ0n) is 9.96. The summed E-state index contributed by atoms with van der Waals surface area (Å²) in [5, 5.41) is 2.64. The molecule has 0 saturated carbocycles. The molecule has 0 aromatic carbocycles. The van der Waals surface area contributed by atoms with Crippen molar-refractivity contribution in [2.24, 2.45) is 0 Å². The highest BCUT2D eigenvalue weighted by atomic mass is 28.4. The first-order valence-corrected chi connectivity index (χ1v) is 7.78. The molecular formula is C9H21NO4Si. The van der Waals surface area contributed by atoms with E-state index in [9.17, 15) is 4.79 Å². The first-order chi connectivity index (χ1) is 7.08. The van der Waals surface area contributed by atoms with Gasteiger partial charge in [0, 0.05) is 13.2 Å². The number of amides is 1. The average molecular weight is 235 g/mol. The maximum absolute atomic E-state index is 11.1. The van der Waals surface area contributed by atoms with Crippen molar-refractivity contribution in [3.8, 4) is 0 Å². The Labute approximate surface area is 92.3 Å². The Morgan fingerprint density at radius 3 is 2.07 bits per heavy atom. The molecular weight excluding hydrogens is 214 g/mol. The van der Waals surface area contributed by atoms with Crippen LogP contribution in [0.1, 0.15) is 20.8 Å². The zero-order valence-corrected chi connectivity index (χ0v) is 11.0. The van der Waals surface area contributed by atoms with E-state index in [4.69, 9.17) is 13.6 Å². The molecule has 0 aromatic rings. The van der Waals surface area contributed by atoms with Gasteiger partial charge in [0.25, 0.3) is 0 Å². The van der Waals surface area contributed by atoms with Crippen LogP contribution in [0.4, 0.5) is 4.79 Å². The first-order valence-electron chi connectivity index (χ1n) is 5.26. The van der Waals surface area contributed by atoms with Crippen molar-refractivity contribution in [1.29, 1.82) is 0 Å². The zero-order chi connectivity index (χ0) is 11.7. The van der Waals surface area contributed by atoms with Crippen LogP contribution in [0.15, 0.2) is 0 Å². The van der Waals surface area contributed by atoms with E-state index in [1.54, 1.807) is 6.92 Å². The quantitative estimate of drug-likeness (QED) is 0.678. The van der Waals surface area contributed by atoms with Crippen LogP contribution in [0.2, 0.25) is 6.55 Å². The first kappa shape index (κ1) is 14.4. The average Bonchev–Trinajstić information content (AvgIpc) is 2.16. The monoisotopic (exact) mass is 235 g/mol. The summed E-state index contributed by atoms with van der Waals surface area (Å²) in [6.45, 7) is 9.06. The number of nitrogens with one attached hydrogen (secondary N) is 1. The Morgan fingerprint density at radius 2 is 1.67 bits per heavy atom. The van der Waals surface area contributed by atoms with Gasteiger partial charge in [0.1, 0.15) is 0 Å². The fourth-order valence-electron chi connectivity index (χ4n) is 1.17. The largest absolute Gasteiger partial charge is 0.450 e. The summed E-state index contributed by atoms with van der Waals surface area (Å²) in [4.78, 5) is 11.1. The van der Waals surface area contributed by atoms with Gasteiger partial charge in [0.2, 0.25) is 0 Å². The topological polar surface area (TPSA) is 56.8 Å². The van der Waals surface area contributed by atoms with Crippen molar-refractivity contribution >= 4 is 14.7 Å². The van der Waals surface area contributed by atoms with Gasteiger partial charge in [-0.15, -0.1) is 0 Å². The smallest absolute Gasteiger partial charge is 0.407 e. The van der Waals surface area contributed by atoms with E-state index in [1.807, 2.05) is 20.4 Å². The van der Waals surface area contributed by atoms with Gasteiger partial charge in [0.15, 0.2) is 0 Å². The van der Waals surface area contributed by atoms with Gasteiger partial charge in [-0.2, -0.15) is 0 Å². The molecule has 15 heavy (non-hydrogen) atoms. The number of rotatable bonds is 7. The number of ether oxygens (including phenoxy) is 1. The molecule has 0 saturated heterocycles. The third-order valence-corrected chi connectivity index (χ3v) is 4.35. The molecule has 0 radical (unpaired) electrons. The molecule has 0 spiro atoms. The molecule has 1 amide bonds. The molecule has 1 N–H and O–H groups in total. The Kier molecular flexibility index (Phi) is 7.36. The van der Waals surface area contributed by atoms with E-state index in [1.165, 1.54) is 0 Å². The van der Waals surface area contributed by atoms with Crippen LogP contribution < -0.4 is 5.32 Å². The van der Waals surface area contributed by atoms with Crippen molar-refractivity contribution in [2.45, 2.75) is 27.3 Å². The molecule has 0 heterocycles. The summed E-state index contributed by atoms with van der Waals surface area (Å²) < 4.78 is 15.8. The second kappa shape index (κ2) is 7.67. The van der Waals surface area contributed by atoms with E-state index < -0.39 is 14.7 Å². The third-order valence-electron chi connectivity index (χ3n) is 1.73. The van der Waals surface area contributed by atoms with Crippen LogP contribution in [0.5, 0.6) is 0 Å². The number of carbonyl (C=O) groups excluding carboxylic acids is 1. The lowest BCUT2D eigenvalue weighted by molar-refractivity contribution is 0.148. The predicted octanol–water partition coefficient (Wildman–Crippen LogP) is 1.42. The molecule has 0 fully saturated rings. The molecule has 0 aromatic heterocycles. The van der Waals surface area contributed by atoms with Gasteiger partial charge in [-0.1, -0.05) is 0 Å². The van der Waals surface area contributed by atoms with Crippen LogP contribution in [0.25, 0.3) is 0 Å². The van der Waals surface area contributed by atoms with E-state index in [2.05, 4.69) is 5.32 Å². The number of carbonyl (C=O) groups is 1. The van der Waals surface area contributed by atoms with Crippen LogP contribution in [-0.2, 0) is 13.6 Å². The fourth-order valence-corrected chi connectivity index (χ4v) is 3.14. The van der Waals surface area contributed by atoms with Gasteiger partial charge in [0.05, 0.1) is 12.8 Å². The SMILES string of the molecule is CCOC(=O)NC[Si](C)(OCC)OCC. The Balaban J connectivity index is 3.99. The summed E-state index contributed by atoms with van der Waals surface area (Å²) in [6.07, 6.45) is -0.0105. The third kappa shape index (κ3) is 6.48. The highest BCUT2D eigenvalue weighted by Gasteiger charge is 2.31. The van der Waals surface area contributed by atoms with E-state index >= 15 is 0 Å². The van der Waals surface area contributed by atoms with Crippen LogP contribution >= 0.6 is 0 Å². The van der Waals surface area contributed by atoms with Crippen molar-refractivity contribution in [1.82, 2.24) is 5.32 Å². The maximum Gasteiger partial charge on any atom is 0.407 e. The maximum atomic E-state index is 11.1. The lowest BCUT2D eigenvalue weighted by atomic mass is 10.9. The Hall–Kier alpha value is -0.593. The minimum absolute atomic E-state index is 0.368. The van der Waals surface area contributed by atoms with Crippen molar-refractivity contribution in [3.05, 3.63) is 0 Å². The van der Waals surface area contributed by atoms with Gasteiger partial charge in [-0.3, -0.25) is 0 Å². The van der Waals surface area contributed by atoms with Gasteiger partial charge < -0.3 is 18.9 Å². The van der Waals surface area contributed by atoms with Crippen LogP contribution in [-0.4, -0.2) is 40.6 Å². The van der Waals surface area contributed by atoms with Crippen LogP contribution in [0.3, 0.4) is 0 Å². The summed E-state index contributed by atoms with van der Waals surface area (Å²) in [6, 6.07) is 0. The van der Waals surface area contributed by atoms with E-state index in [0.29, 0.717) is 26.0 Å². The lowest BCUT2D eigenvalue weighted by Crippen LogP contribution is -2.50. The molecule has 0 rings (SSSR count). The summed E-state index contributed by atoms with van der Waals surface area (Å²) >= 11 is 0. The molecule has 0 aliphatic heterocycles. The summed E-state index contributed by atoms with van der Waals surface area (Å²) in [7, 11) is -2.25. The van der Waals surface area contributed by atoms with Gasteiger partial charge >= 0.3 is 14.7 Å². The number of alkyl carbamates (subject to hydrolysis) is 1. The lowest BCUT2D eigenvalue weighted by Gasteiger charge is -2.25. The van der Waals surface area contributed by atoms with E-state index in [-0.39, 0.29) is 0 Å². The molecule has 5 nitrogen and oxygen atoms in total. The van der Waals surface area contributed by atoms with E-state index in [0.717, 1.165) is 0 Å². The number of hydrogen-bond donors (Lipinski definition) is 1. The summed E-state index contributed by atoms with van der Waals surface area (Å²) in [5.74, 6) is 0. The molecule has 0 unspecified atom stereocenters. The Morgan fingerprint density at radius 1 is 1.13 bits per heavy atom. The van der Waals surface area contributed by atoms with Crippen molar-refractivity contribution in [2.75, 3.05) is 26.0 Å². The molecule has 90 valence electrons. The van der Waals surface area contributed by atoms with Gasteiger partial charge in [-0.25, -0.2) is 4.79 Å². The highest BCUT2D eigenvalue weighted by molar-refractivity contribution is 6.66. The molecule has 6 heteroatoms. The second-order valence-corrected chi connectivity index (χ2v) is 6.27. The predicted molar refractivity (Wildman–Crippen MR) is 59.9 cm³/mol. The number of hydrogen-bond acceptors (Lipinski definition) is 4. The Bertz CT molecular complexity index is 183. The normalized spacial score (nSPS) is 11.2. The molecule has 0 bridgehead atoms. The second-order valence-electron chi connectivity index (χ2n) is 3.07. The van der Waals surface area contributed by atoms with Crippen molar-refractivity contribution < 1.29 is 18.4 Å². The minimum atomic E-state index is -2.25. The van der Waals surface area contributed by atoms with Gasteiger partial charge in [-0.05, 0) is 27.3 Å². The van der Waals surface area contributed by atoms with Crippen molar-refractivity contribution in [3.63, 3.8) is 0 Å². The molecule has 0 aliphatic rings. The fraction of sp³-hybridized carbons (Fsp3) is 0.889. The van der Waals surface area contributed by atoms with Crippen LogP contribution in [0, 0.1) is 0 Å².